The molecule has 7 nitrogen and oxygen atoms in total. The summed E-state index contributed by atoms with van der Waals surface area (Å²) in [5.74, 6) is -1.62. The number of para-hydroxylation sites is 1. The maximum absolute atomic E-state index is 12.7. The SMILES string of the molecule is CC(C)[C@H](NC(=O)Cc1ccccc1)C(=O)OCC(=O)N(CCC#N)c1ccccc1. The van der Waals surface area contributed by atoms with E-state index in [1.165, 1.54) is 4.90 Å². The smallest absolute Gasteiger partial charge is 0.329 e. The van der Waals surface area contributed by atoms with Crippen LogP contribution >= 0.6 is 0 Å². The molecule has 7 heteroatoms. The lowest BCUT2D eigenvalue weighted by Gasteiger charge is -2.24. The average molecular weight is 421 g/mol. The number of anilines is 1. The Morgan fingerprint density at radius 3 is 2.23 bits per heavy atom. The van der Waals surface area contributed by atoms with Crippen LogP contribution in [0.5, 0.6) is 0 Å². The minimum atomic E-state index is -0.867. The van der Waals surface area contributed by atoms with Crippen molar-refractivity contribution in [3.05, 3.63) is 66.2 Å². The Labute approximate surface area is 182 Å². The first kappa shape index (κ1) is 23.6. The van der Waals surface area contributed by atoms with Gasteiger partial charge >= 0.3 is 5.97 Å². The van der Waals surface area contributed by atoms with Crippen molar-refractivity contribution in [3.8, 4) is 6.07 Å². The van der Waals surface area contributed by atoms with Crippen molar-refractivity contribution in [2.75, 3.05) is 18.1 Å². The van der Waals surface area contributed by atoms with Gasteiger partial charge in [-0.15, -0.1) is 0 Å². The summed E-state index contributed by atoms with van der Waals surface area (Å²) >= 11 is 0. The van der Waals surface area contributed by atoms with Gasteiger partial charge in [0.05, 0.1) is 18.9 Å². The highest BCUT2D eigenvalue weighted by Gasteiger charge is 2.27. The number of hydrogen-bond acceptors (Lipinski definition) is 5. The molecule has 0 bridgehead atoms. The molecular formula is C24H27N3O4. The van der Waals surface area contributed by atoms with Gasteiger partial charge in [0.2, 0.25) is 5.91 Å². The molecule has 2 rings (SSSR count). The van der Waals surface area contributed by atoms with E-state index < -0.39 is 24.5 Å². The van der Waals surface area contributed by atoms with E-state index in [-0.39, 0.29) is 31.2 Å². The van der Waals surface area contributed by atoms with Crippen molar-refractivity contribution in [1.82, 2.24) is 5.32 Å². The van der Waals surface area contributed by atoms with Gasteiger partial charge in [-0.2, -0.15) is 5.26 Å². The van der Waals surface area contributed by atoms with Crippen LogP contribution in [0.3, 0.4) is 0 Å². The summed E-state index contributed by atoms with van der Waals surface area (Å²) in [4.78, 5) is 39.0. The number of hydrogen-bond donors (Lipinski definition) is 1. The third kappa shape index (κ3) is 7.59. The normalized spacial score (nSPS) is 11.3. The second-order valence-corrected chi connectivity index (χ2v) is 7.35. The predicted octanol–water partition coefficient (Wildman–Crippen LogP) is 2.86. The molecular weight excluding hydrogens is 394 g/mol. The fraction of sp³-hybridized carbons (Fsp3) is 0.333. The number of rotatable bonds is 10. The molecule has 0 aliphatic heterocycles. The van der Waals surface area contributed by atoms with E-state index in [0.29, 0.717) is 5.69 Å². The summed E-state index contributed by atoms with van der Waals surface area (Å²) in [6.07, 6.45) is 0.297. The lowest BCUT2D eigenvalue weighted by molar-refractivity contribution is -0.152. The largest absolute Gasteiger partial charge is 0.454 e. The van der Waals surface area contributed by atoms with E-state index in [9.17, 15) is 14.4 Å². The van der Waals surface area contributed by atoms with Crippen molar-refractivity contribution in [2.45, 2.75) is 32.7 Å². The Balaban J connectivity index is 1.97. The minimum Gasteiger partial charge on any atom is -0.454 e. The van der Waals surface area contributed by atoms with Crippen LogP contribution in [0.15, 0.2) is 60.7 Å². The first-order chi connectivity index (χ1) is 14.9. The number of nitrogens with one attached hydrogen (secondary N) is 1. The minimum absolute atomic E-state index is 0.145. The zero-order valence-corrected chi connectivity index (χ0v) is 17.8. The Morgan fingerprint density at radius 1 is 1.03 bits per heavy atom. The van der Waals surface area contributed by atoms with Gasteiger partial charge in [-0.1, -0.05) is 62.4 Å². The van der Waals surface area contributed by atoms with E-state index in [0.717, 1.165) is 5.56 Å². The van der Waals surface area contributed by atoms with Crippen LogP contribution in [0.4, 0.5) is 5.69 Å². The fourth-order valence-corrected chi connectivity index (χ4v) is 2.97. The summed E-state index contributed by atoms with van der Waals surface area (Å²) < 4.78 is 5.23. The molecule has 1 atom stereocenters. The van der Waals surface area contributed by atoms with Gasteiger partial charge < -0.3 is 15.0 Å². The molecule has 2 aromatic rings. The van der Waals surface area contributed by atoms with Crippen LogP contribution in [0.25, 0.3) is 0 Å². The van der Waals surface area contributed by atoms with Crippen LogP contribution in [-0.4, -0.2) is 37.0 Å². The summed E-state index contributed by atoms with van der Waals surface area (Å²) in [5.41, 5.74) is 1.46. The van der Waals surface area contributed by atoms with E-state index in [4.69, 9.17) is 10.00 Å². The number of benzene rings is 2. The highest BCUT2D eigenvalue weighted by atomic mass is 16.5. The summed E-state index contributed by atoms with van der Waals surface area (Å²) in [7, 11) is 0. The number of ether oxygens (including phenoxy) is 1. The van der Waals surface area contributed by atoms with Crippen LogP contribution in [0.1, 0.15) is 25.8 Å². The maximum atomic E-state index is 12.7. The van der Waals surface area contributed by atoms with Gasteiger partial charge in [-0.05, 0) is 23.6 Å². The quantitative estimate of drug-likeness (QED) is 0.595. The van der Waals surface area contributed by atoms with E-state index in [1.54, 1.807) is 38.1 Å². The predicted molar refractivity (Wildman–Crippen MR) is 117 cm³/mol. The second kappa shape index (κ2) is 12.1. The number of carbonyl (C=O) groups is 3. The highest BCUT2D eigenvalue weighted by molar-refractivity contribution is 5.95. The topological polar surface area (TPSA) is 99.5 Å². The number of amides is 2. The van der Waals surface area contributed by atoms with Crippen LogP contribution in [-0.2, 0) is 25.5 Å². The molecule has 0 unspecified atom stereocenters. The summed E-state index contributed by atoms with van der Waals surface area (Å²) in [5, 5.41) is 11.6. The standard InChI is InChI=1S/C24H27N3O4/c1-18(2)23(26-21(28)16-19-10-5-3-6-11-19)24(30)31-17-22(29)27(15-9-14-25)20-12-7-4-8-13-20/h3-8,10-13,18,23H,9,15-17H2,1-2H3,(H,26,28)/t23-/m0/s1. The molecule has 0 radical (unpaired) electrons. The van der Waals surface area contributed by atoms with E-state index in [1.807, 2.05) is 42.5 Å². The third-order valence-electron chi connectivity index (χ3n) is 4.60. The highest BCUT2D eigenvalue weighted by Crippen LogP contribution is 2.14. The van der Waals surface area contributed by atoms with Crippen molar-refractivity contribution in [2.24, 2.45) is 5.92 Å². The number of nitrogens with zero attached hydrogens (tertiary/aromatic N) is 2. The van der Waals surface area contributed by atoms with Crippen molar-refractivity contribution in [1.29, 1.82) is 5.26 Å². The van der Waals surface area contributed by atoms with Crippen molar-refractivity contribution < 1.29 is 19.1 Å². The molecule has 2 aromatic carbocycles. The Morgan fingerprint density at radius 2 is 1.65 bits per heavy atom. The van der Waals surface area contributed by atoms with Crippen molar-refractivity contribution in [3.63, 3.8) is 0 Å². The maximum Gasteiger partial charge on any atom is 0.329 e. The molecule has 0 aliphatic rings. The van der Waals surface area contributed by atoms with Crippen LogP contribution in [0.2, 0.25) is 0 Å². The first-order valence-corrected chi connectivity index (χ1v) is 10.1. The molecule has 0 aliphatic carbocycles. The molecule has 162 valence electrons. The van der Waals surface area contributed by atoms with Crippen molar-refractivity contribution >= 4 is 23.5 Å². The van der Waals surface area contributed by atoms with Crippen LogP contribution < -0.4 is 10.2 Å². The summed E-state index contributed by atoms with van der Waals surface area (Å²) in [6.45, 7) is 3.30. The molecule has 0 saturated heterocycles. The number of esters is 1. The van der Waals surface area contributed by atoms with Gasteiger partial charge in [-0.25, -0.2) is 4.79 Å². The molecule has 0 heterocycles. The van der Waals surface area contributed by atoms with Crippen LogP contribution in [0, 0.1) is 17.2 Å². The lowest BCUT2D eigenvalue weighted by Crippen LogP contribution is -2.47. The monoisotopic (exact) mass is 421 g/mol. The second-order valence-electron chi connectivity index (χ2n) is 7.35. The average Bonchev–Trinajstić information content (AvgIpc) is 2.77. The summed E-state index contributed by atoms with van der Waals surface area (Å²) in [6, 6.07) is 19.2. The van der Waals surface area contributed by atoms with E-state index in [2.05, 4.69) is 5.32 Å². The fourth-order valence-electron chi connectivity index (χ4n) is 2.97. The lowest BCUT2D eigenvalue weighted by atomic mass is 10.0. The molecule has 0 aromatic heterocycles. The Hall–Kier alpha value is -3.66. The zero-order valence-electron chi connectivity index (χ0n) is 17.8. The molecule has 0 fully saturated rings. The number of carbonyl (C=O) groups excluding carboxylic acids is 3. The van der Waals surface area contributed by atoms with Gasteiger partial charge in [0.1, 0.15) is 6.04 Å². The molecule has 0 saturated carbocycles. The van der Waals surface area contributed by atoms with Gasteiger partial charge in [-0.3, -0.25) is 9.59 Å². The molecule has 2 amide bonds. The number of nitriles is 1. The molecule has 1 N–H and O–H groups in total. The van der Waals surface area contributed by atoms with Gasteiger partial charge in [0.25, 0.3) is 5.91 Å². The van der Waals surface area contributed by atoms with E-state index >= 15 is 0 Å². The Kier molecular flexibility index (Phi) is 9.24. The molecule has 31 heavy (non-hydrogen) atoms. The van der Waals surface area contributed by atoms with Gasteiger partial charge in [0.15, 0.2) is 6.61 Å². The first-order valence-electron chi connectivity index (χ1n) is 10.1. The van der Waals surface area contributed by atoms with Gasteiger partial charge in [0, 0.05) is 12.2 Å². The zero-order chi connectivity index (χ0) is 22.6. The third-order valence-corrected chi connectivity index (χ3v) is 4.60. The molecule has 0 spiro atoms. The Bertz CT molecular complexity index is 907.